The van der Waals surface area contributed by atoms with Gasteiger partial charge < -0.3 is 5.48 Å². The van der Waals surface area contributed by atoms with Gasteiger partial charge in [0.15, 0.2) is 0 Å². The zero-order chi connectivity index (χ0) is 2.71. The fourth-order valence-corrected chi connectivity index (χ4v) is 0. The normalized spacial score (nSPS) is 2.50. The summed E-state index contributed by atoms with van der Waals surface area (Å²) in [5.41, 5.74) is 0. The minimum absolute atomic E-state index is 0. The SMILES string of the molecule is O.[I][Cd][I]. The Hall–Kier alpha value is 2.34. The summed E-state index contributed by atoms with van der Waals surface area (Å²) in [5.74, 6) is 0. The van der Waals surface area contributed by atoms with E-state index in [2.05, 4.69) is 35.5 Å². The molecule has 0 aromatic heterocycles. The van der Waals surface area contributed by atoms with E-state index in [0.29, 0.717) is 0 Å². The Kier molecular flexibility index (Phi) is 21.6. The van der Waals surface area contributed by atoms with Crippen LogP contribution in [0.1, 0.15) is 0 Å². The molecular formula is H2CdI2O. The van der Waals surface area contributed by atoms with Crippen LogP contribution in [0.15, 0.2) is 0 Å². The predicted molar refractivity (Wildman–Crippen MR) is 31.7 cm³/mol. The second-order valence-corrected chi connectivity index (χ2v) is 30.5. The van der Waals surface area contributed by atoms with E-state index in [1.165, 1.54) is 0 Å². The molecule has 0 aliphatic carbocycles. The van der Waals surface area contributed by atoms with Crippen molar-refractivity contribution in [3.63, 3.8) is 0 Å². The van der Waals surface area contributed by atoms with Crippen molar-refractivity contribution in [3.05, 3.63) is 0 Å². The molecule has 0 saturated carbocycles. The van der Waals surface area contributed by atoms with Gasteiger partial charge in [0.05, 0.1) is 0 Å². The maximum atomic E-state index is 2.49. The third kappa shape index (κ3) is 8.84. The molecule has 24 valence electrons. The molecular weight excluding hydrogens is 382 g/mol. The first-order chi connectivity index (χ1) is 1.41. The van der Waals surface area contributed by atoms with Crippen LogP contribution in [0.25, 0.3) is 0 Å². The number of hydrogen-bond acceptors (Lipinski definition) is 0. The summed E-state index contributed by atoms with van der Waals surface area (Å²) in [6, 6.07) is 0. The van der Waals surface area contributed by atoms with Crippen molar-refractivity contribution in [3.8, 4) is 0 Å². The van der Waals surface area contributed by atoms with E-state index in [-0.39, 0.29) is 21.1 Å². The van der Waals surface area contributed by atoms with Crippen molar-refractivity contribution in [1.82, 2.24) is 0 Å². The summed E-state index contributed by atoms with van der Waals surface area (Å²) in [5, 5.41) is 0. The predicted octanol–water partition coefficient (Wildman–Crippen LogP) is 0.944. The molecule has 0 rings (SSSR count). The topological polar surface area (TPSA) is 31.5 Å². The van der Waals surface area contributed by atoms with Gasteiger partial charge in [-0.3, -0.25) is 0 Å². The fraction of sp³-hybridized carbons (Fsp3) is 0. The molecule has 0 heterocycles. The Labute approximate surface area is 55.3 Å². The Bertz CT molecular complexity index is 6.00. The third-order valence-corrected chi connectivity index (χ3v) is 0. The maximum absolute atomic E-state index is 2.49. The van der Waals surface area contributed by atoms with E-state index >= 15 is 0 Å². The van der Waals surface area contributed by atoms with Crippen molar-refractivity contribution >= 4 is 35.5 Å². The van der Waals surface area contributed by atoms with Crippen molar-refractivity contribution in [2.75, 3.05) is 0 Å². The van der Waals surface area contributed by atoms with Crippen LogP contribution >= 0.6 is 35.5 Å². The molecule has 1 nitrogen and oxygen atoms in total. The number of halogens is 2. The van der Waals surface area contributed by atoms with Gasteiger partial charge in [0, 0.05) is 0 Å². The van der Waals surface area contributed by atoms with Gasteiger partial charge in [-0.05, 0) is 0 Å². The minimum atomic E-state index is -0.0700. The first-order valence-corrected chi connectivity index (χ1v) is 24.1. The molecule has 0 atom stereocenters. The van der Waals surface area contributed by atoms with Crippen LogP contribution < -0.4 is 0 Å². The standard InChI is InChI=1S/Cd.2HI.H2O/h;2*1H;1H2/q+2;;;/p-2. The van der Waals surface area contributed by atoms with Crippen molar-refractivity contribution < 1.29 is 21.1 Å². The fourth-order valence-electron chi connectivity index (χ4n) is 0. The van der Waals surface area contributed by atoms with Crippen LogP contribution in [0.5, 0.6) is 0 Å². The van der Waals surface area contributed by atoms with Crippen molar-refractivity contribution in [1.29, 1.82) is 0 Å². The summed E-state index contributed by atoms with van der Waals surface area (Å²) < 4.78 is 0. The van der Waals surface area contributed by atoms with Gasteiger partial charge in [-0.2, -0.15) is 0 Å². The zero-order valence-electron chi connectivity index (χ0n) is 1.96. The van der Waals surface area contributed by atoms with Crippen LogP contribution in [0.2, 0.25) is 0 Å². The van der Waals surface area contributed by atoms with Crippen LogP contribution in [0.3, 0.4) is 0 Å². The van der Waals surface area contributed by atoms with E-state index in [1.807, 2.05) is 0 Å². The van der Waals surface area contributed by atoms with Gasteiger partial charge in [-0.1, -0.05) is 0 Å². The summed E-state index contributed by atoms with van der Waals surface area (Å²) >= 11 is 4.90. The average Bonchev–Trinajstić information content (AvgIpc) is 0.918. The molecule has 0 aromatic carbocycles. The summed E-state index contributed by atoms with van der Waals surface area (Å²) in [7, 11) is 0. The zero-order valence-corrected chi connectivity index (χ0v) is 10.3. The monoisotopic (exact) mass is 386 g/mol. The Balaban J connectivity index is 0. The van der Waals surface area contributed by atoms with Gasteiger partial charge in [-0.15, -0.1) is 0 Å². The Morgan fingerprint density at radius 3 is 1.25 bits per heavy atom. The second-order valence-electron chi connectivity index (χ2n) is 0.101. The molecule has 0 spiro atoms. The van der Waals surface area contributed by atoms with Gasteiger partial charge >= 0.3 is 51.2 Å². The molecule has 0 saturated heterocycles. The quantitative estimate of drug-likeness (QED) is 0.440. The molecule has 0 aliphatic heterocycles. The number of rotatable bonds is 0. The molecule has 0 aromatic rings. The first-order valence-electron chi connectivity index (χ1n) is 0.535. The van der Waals surface area contributed by atoms with Crippen LogP contribution in [0.4, 0.5) is 0 Å². The molecule has 0 amide bonds. The molecule has 0 unspecified atom stereocenters. The molecule has 0 bridgehead atoms. The van der Waals surface area contributed by atoms with E-state index in [0.717, 1.165) is 0 Å². The van der Waals surface area contributed by atoms with E-state index in [1.54, 1.807) is 0 Å². The van der Waals surface area contributed by atoms with Crippen LogP contribution in [-0.4, -0.2) is 5.48 Å². The summed E-state index contributed by atoms with van der Waals surface area (Å²) in [6.07, 6.45) is 0. The molecule has 0 radical (unpaired) electrons. The molecule has 0 aliphatic rings. The molecule has 4 heavy (non-hydrogen) atoms. The first kappa shape index (κ1) is 9.60. The van der Waals surface area contributed by atoms with E-state index in [9.17, 15) is 0 Å². The van der Waals surface area contributed by atoms with Crippen LogP contribution in [0, 0.1) is 0 Å². The van der Waals surface area contributed by atoms with Gasteiger partial charge in [0.1, 0.15) is 0 Å². The van der Waals surface area contributed by atoms with Crippen molar-refractivity contribution in [2.24, 2.45) is 0 Å². The van der Waals surface area contributed by atoms with Gasteiger partial charge in [0.25, 0.3) is 0 Å². The van der Waals surface area contributed by atoms with Crippen molar-refractivity contribution in [2.45, 2.75) is 0 Å². The Morgan fingerprint density at radius 2 is 1.25 bits per heavy atom. The summed E-state index contributed by atoms with van der Waals surface area (Å²) in [4.78, 5) is 0. The molecule has 2 N–H and O–H groups in total. The molecule has 4 heteroatoms. The summed E-state index contributed by atoms with van der Waals surface area (Å²) in [6.45, 7) is 0. The number of hydrogen-bond donors (Lipinski definition) is 0. The molecule has 0 fully saturated rings. The van der Waals surface area contributed by atoms with E-state index in [4.69, 9.17) is 0 Å². The van der Waals surface area contributed by atoms with E-state index < -0.39 is 0 Å². The second kappa shape index (κ2) is 9.02. The average molecular weight is 384 g/mol. The van der Waals surface area contributed by atoms with Crippen LogP contribution in [-0.2, 0) is 15.6 Å². The Morgan fingerprint density at radius 1 is 1.25 bits per heavy atom. The van der Waals surface area contributed by atoms with Gasteiger partial charge in [0.2, 0.25) is 0 Å². The third-order valence-electron chi connectivity index (χ3n) is 0. The van der Waals surface area contributed by atoms with Gasteiger partial charge in [-0.25, -0.2) is 0 Å².